The molecular formula is C25H28N2. The van der Waals surface area contributed by atoms with Gasteiger partial charge in [0.25, 0.3) is 0 Å². The van der Waals surface area contributed by atoms with Crippen molar-refractivity contribution in [2.45, 2.75) is 52.5 Å². The Kier molecular flexibility index (Phi) is 6.14. The summed E-state index contributed by atoms with van der Waals surface area (Å²) in [4.78, 5) is 0. The van der Waals surface area contributed by atoms with E-state index in [1.165, 1.54) is 47.3 Å². The molecule has 0 aliphatic carbocycles. The van der Waals surface area contributed by atoms with Crippen LogP contribution < -0.4 is 0 Å². The molecule has 27 heavy (non-hydrogen) atoms. The number of benzene rings is 2. The van der Waals surface area contributed by atoms with Crippen LogP contribution in [0.25, 0.3) is 22.4 Å². The summed E-state index contributed by atoms with van der Waals surface area (Å²) in [6.45, 7) is 6.77. The van der Waals surface area contributed by atoms with E-state index in [1.54, 1.807) is 0 Å². The maximum atomic E-state index is 9.11. The molecule has 3 aromatic rings. The van der Waals surface area contributed by atoms with E-state index in [0.717, 1.165) is 6.42 Å². The fourth-order valence-corrected chi connectivity index (χ4v) is 3.76. The van der Waals surface area contributed by atoms with Gasteiger partial charge in [0, 0.05) is 23.0 Å². The summed E-state index contributed by atoms with van der Waals surface area (Å²) in [5, 5.41) is 9.11. The van der Waals surface area contributed by atoms with E-state index >= 15 is 0 Å². The standard InChI is InChI=1S/C25H28N2/c1-4-5-7-12-24-23(21-15-13-20(18-26)14-16-21)17-25(27(24)19(2)3)22-10-8-6-9-11-22/h6,8-11,13-17,19H,4-5,7,12H2,1-3H3. The van der Waals surface area contributed by atoms with Crippen LogP contribution in [0.3, 0.4) is 0 Å². The van der Waals surface area contributed by atoms with Crippen molar-refractivity contribution in [3.05, 3.63) is 71.9 Å². The third-order valence-corrected chi connectivity index (χ3v) is 5.07. The van der Waals surface area contributed by atoms with E-state index in [1.807, 2.05) is 12.1 Å². The van der Waals surface area contributed by atoms with E-state index in [4.69, 9.17) is 5.26 Å². The maximum absolute atomic E-state index is 9.11. The van der Waals surface area contributed by atoms with Crippen molar-refractivity contribution < 1.29 is 0 Å². The SMILES string of the molecule is CCCCCc1c(-c2ccc(C#N)cc2)cc(-c2ccccc2)n1C(C)C. The monoisotopic (exact) mass is 356 g/mol. The number of aromatic nitrogens is 1. The molecule has 0 bridgehead atoms. The molecule has 0 saturated heterocycles. The number of unbranched alkanes of at least 4 members (excludes halogenated alkanes) is 2. The first-order chi connectivity index (χ1) is 13.2. The van der Waals surface area contributed by atoms with Crippen molar-refractivity contribution in [3.8, 4) is 28.5 Å². The Morgan fingerprint density at radius 3 is 2.22 bits per heavy atom. The number of rotatable bonds is 7. The van der Waals surface area contributed by atoms with Gasteiger partial charge in [0.1, 0.15) is 0 Å². The van der Waals surface area contributed by atoms with Crippen molar-refractivity contribution in [3.63, 3.8) is 0 Å². The number of hydrogen-bond acceptors (Lipinski definition) is 1. The second kappa shape index (κ2) is 8.73. The first kappa shape index (κ1) is 19.0. The van der Waals surface area contributed by atoms with Crippen LogP contribution in [0.2, 0.25) is 0 Å². The van der Waals surface area contributed by atoms with Crippen molar-refractivity contribution in [2.75, 3.05) is 0 Å². The van der Waals surface area contributed by atoms with Gasteiger partial charge in [0.2, 0.25) is 0 Å². The van der Waals surface area contributed by atoms with Crippen molar-refractivity contribution in [1.82, 2.24) is 4.57 Å². The summed E-state index contributed by atoms with van der Waals surface area (Å²) in [6.07, 6.45) is 4.75. The molecule has 0 unspecified atom stereocenters. The molecule has 1 aromatic heterocycles. The lowest BCUT2D eigenvalue weighted by Crippen LogP contribution is -2.08. The van der Waals surface area contributed by atoms with E-state index < -0.39 is 0 Å². The predicted molar refractivity (Wildman–Crippen MR) is 114 cm³/mol. The van der Waals surface area contributed by atoms with E-state index in [2.05, 4.69) is 79.9 Å². The molecule has 2 heteroatoms. The highest BCUT2D eigenvalue weighted by molar-refractivity contribution is 5.75. The fraction of sp³-hybridized carbons (Fsp3) is 0.320. The van der Waals surface area contributed by atoms with Gasteiger partial charge < -0.3 is 4.57 Å². The smallest absolute Gasteiger partial charge is 0.0991 e. The molecule has 0 amide bonds. The Bertz CT molecular complexity index is 909. The topological polar surface area (TPSA) is 28.7 Å². The highest BCUT2D eigenvalue weighted by Gasteiger charge is 2.19. The van der Waals surface area contributed by atoms with Gasteiger partial charge in [-0.25, -0.2) is 0 Å². The summed E-state index contributed by atoms with van der Waals surface area (Å²) in [5.41, 5.74) is 7.12. The van der Waals surface area contributed by atoms with Gasteiger partial charge in [-0.05, 0) is 56.0 Å². The molecule has 1 heterocycles. The first-order valence-corrected chi connectivity index (χ1v) is 9.95. The maximum Gasteiger partial charge on any atom is 0.0991 e. The van der Waals surface area contributed by atoms with Gasteiger partial charge >= 0.3 is 0 Å². The van der Waals surface area contributed by atoms with Crippen LogP contribution in [0.5, 0.6) is 0 Å². The van der Waals surface area contributed by atoms with Gasteiger partial charge in [-0.3, -0.25) is 0 Å². The number of hydrogen-bond donors (Lipinski definition) is 0. The highest BCUT2D eigenvalue weighted by atomic mass is 15.0. The predicted octanol–water partition coefficient (Wildman–Crippen LogP) is 7.01. The lowest BCUT2D eigenvalue weighted by atomic mass is 10.0. The van der Waals surface area contributed by atoms with Crippen LogP contribution in [-0.2, 0) is 6.42 Å². The lowest BCUT2D eigenvalue weighted by Gasteiger charge is -2.18. The van der Waals surface area contributed by atoms with Crippen LogP contribution in [0.4, 0.5) is 0 Å². The first-order valence-electron chi connectivity index (χ1n) is 9.95. The second-order valence-electron chi connectivity index (χ2n) is 7.37. The number of nitriles is 1. The molecule has 138 valence electrons. The zero-order valence-electron chi connectivity index (χ0n) is 16.6. The molecule has 0 N–H and O–H groups in total. The Hall–Kier alpha value is -2.79. The van der Waals surface area contributed by atoms with Crippen LogP contribution in [0.1, 0.15) is 57.3 Å². The lowest BCUT2D eigenvalue weighted by molar-refractivity contribution is 0.570. The number of nitrogens with zero attached hydrogens (tertiary/aromatic N) is 2. The largest absolute Gasteiger partial charge is 0.341 e. The average molecular weight is 357 g/mol. The third-order valence-electron chi connectivity index (χ3n) is 5.07. The molecule has 3 rings (SSSR count). The minimum absolute atomic E-state index is 0.393. The Morgan fingerprint density at radius 2 is 1.63 bits per heavy atom. The zero-order valence-corrected chi connectivity index (χ0v) is 16.6. The minimum atomic E-state index is 0.393. The van der Waals surface area contributed by atoms with Gasteiger partial charge in [0.15, 0.2) is 0 Å². The Balaban J connectivity index is 2.16. The molecule has 0 atom stereocenters. The normalized spacial score (nSPS) is 10.9. The van der Waals surface area contributed by atoms with E-state index in [9.17, 15) is 0 Å². The second-order valence-corrected chi connectivity index (χ2v) is 7.37. The molecule has 0 fully saturated rings. The summed E-state index contributed by atoms with van der Waals surface area (Å²) in [6, 6.07) is 23.6. The van der Waals surface area contributed by atoms with Crippen LogP contribution in [0.15, 0.2) is 60.7 Å². The fourth-order valence-electron chi connectivity index (χ4n) is 3.76. The van der Waals surface area contributed by atoms with Gasteiger partial charge in [-0.1, -0.05) is 62.2 Å². The quantitative estimate of drug-likeness (QED) is 0.419. The Morgan fingerprint density at radius 1 is 0.926 bits per heavy atom. The summed E-state index contributed by atoms with van der Waals surface area (Å²) >= 11 is 0. The zero-order chi connectivity index (χ0) is 19.2. The average Bonchev–Trinajstić information content (AvgIpc) is 3.09. The van der Waals surface area contributed by atoms with Crippen molar-refractivity contribution in [2.24, 2.45) is 0 Å². The van der Waals surface area contributed by atoms with E-state index in [0.29, 0.717) is 11.6 Å². The molecule has 2 aromatic carbocycles. The van der Waals surface area contributed by atoms with Gasteiger partial charge in [-0.2, -0.15) is 5.26 Å². The highest BCUT2D eigenvalue weighted by Crippen LogP contribution is 2.36. The van der Waals surface area contributed by atoms with Gasteiger partial charge in [0.05, 0.1) is 11.6 Å². The molecule has 0 spiro atoms. The minimum Gasteiger partial charge on any atom is -0.341 e. The Labute approximate surface area is 163 Å². The van der Waals surface area contributed by atoms with Crippen LogP contribution in [0, 0.1) is 11.3 Å². The molecule has 2 nitrogen and oxygen atoms in total. The van der Waals surface area contributed by atoms with E-state index in [-0.39, 0.29) is 0 Å². The van der Waals surface area contributed by atoms with Crippen molar-refractivity contribution >= 4 is 0 Å². The molecule has 0 aliphatic heterocycles. The summed E-state index contributed by atoms with van der Waals surface area (Å²) in [7, 11) is 0. The molecule has 0 radical (unpaired) electrons. The van der Waals surface area contributed by atoms with Crippen LogP contribution >= 0.6 is 0 Å². The molecular weight excluding hydrogens is 328 g/mol. The molecule has 0 aliphatic rings. The third kappa shape index (κ3) is 4.14. The summed E-state index contributed by atoms with van der Waals surface area (Å²) < 4.78 is 2.50. The molecule has 0 saturated carbocycles. The van der Waals surface area contributed by atoms with Crippen molar-refractivity contribution in [1.29, 1.82) is 5.26 Å². The van der Waals surface area contributed by atoms with Gasteiger partial charge in [-0.15, -0.1) is 0 Å². The van der Waals surface area contributed by atoms with Crippen LogP contribution in [-0.4, -0.2) is 4.57 Å². The summed E-state index contributed by atoms with van der Waals surface area (Å²) in [5.74, 6) is 0.